The summed E-state index contributed by atoms with van der Waals surface area (Å²) >= 11 is 0. The summed E-state index contributed by atoms with van der Waals surface area (Å²) in [5.74, 6) is 0. The lowest BCUT2D eigenvalue weighted by atomic mass is 10.00. The third-order valence-corrected chi connectivity index (χ3v) is 17.8. The van der Waals surface area contributed by atoms with Crippen molar-refractivity contribution in [1.29, 1.82) is 0 Å². The average Bonchev–Trinajstić information content (AvgIpc) is 4.07. The first-order valence-electron chi connectivity index (χ1n) is 19.9. The van der Waals surface area contributed by atoms with Crippen molar-refractivity contribution < 1.29 is 0 Å². The first-order chi connectivity index (χ1) is 27.4. The van der Waals surface area contributed by atoms with Crippen LogP contribution in [0.3, 0.4) is 0 Å². The highest BCUT2D eigenvalue weighted by molar-refractivity contribution is 7.95. The predicted molar refractivity (Wildman–Crippen MR) is 250 cm³/mol. The van der Waals surface area contributed by atoms with Crippen molar-refractivity contribution in [1.82, 2.24) is 0 Å². The van der Waals surface area contributed by atoms with E-state index < -0.39 is 7.26 Å². The minimum Gasteiger partial charge on any atom is -0.340 e. The number of allylic oxidation sites excluding steroid dienone is 4. The number of nitrogens with zero attached hydrogens (tertiary/aromatic N) is 2. The standard InChI is InChI=1S/C52H47N2P2/c1-35-27-28-36-15-11-23-42(36)49(35)53(2)51-44-25-13-17-38(44)30-33-47(51)56(4,41-21-9-6-10-22-41)48-34-31-39-18-14-26-45(39)52(48)54(3)50-43-24-12-16-37(43)29-32-46(50)55-40-19-7-5-8-20-40/h5-15,18-22,24-25,27-34,55H,16-17,23,26H2,1-4H3/q+1. The second-order valence-corrected chi connectivity index (χ2v) is 20.6. The van der Waals surface area contributed by atoms with Gasteiger partial charge in [-0.1, -0.05) is 142 Å². The van der Waals surface area contributed by atoms with E-state index in [-0.39, 0.29) is 0 Å². The van der Waals surface area contributed by atoms with Crippen molar-refractivity contribution in [2.45, 2.75) is 32.6 Å². The molecule has 10 rings (SSSR count). The van der Waals surface area contributed by atoms with Crippen LogP contribution in [-0.4, -0.2) is 20.8 Å². The van der Waals surface area contributed by atoms with Crippen molar-refractivity contribution in [3.05, 3.63) is 184 Å². The molecular weight excluding hydrogens is 715 g/mol. The molecule has 0 spiro atoms. The zero-order valence-electron chi connectivity index (χ0n) is 32.7. The Balaban J connectivity index is 1.24. The fourth-order valence-electron chi connectivity index (χ4n) is 9.79. The van der Waals surface area contributed by atoms with Crippen LogP contribution in [0.15, 0.2) is 133 Å². The lowest BCUT2D eigenvalue weighted by molar-refractivity contribution is 1.14. The van der Waals surface area contributed by atoms with Crippen LogP contribution < -0.4 is 36.3 Å². The molecule has 0 N–H and O–H groups in total. The normalized spacial score (nSPS) is 15.4. The second-order valence-electron chi connectivity index (χ2n) is 15.7. The molecule has 0 fully saturated rings. The Labute approximate surface area is 334 Å². The largest absolute Gasteiger partial charge is 0.340 e. The molecule has 2 unspecified atom stereocenters. The maximum Gasteiger partial charge on any atom is 0.128 e. The minimum atomic E-state index is -2.33. The van der Waals surface area contributed by atoms with Gasteiger partial charge < -0.3 is 9.80 Å². The van der Waals surface area contributed by atoms with Gasteiger partial charge in [0, 0.05) is 36.2 Å². The molecule has 2 nitrogen and oxygen atoms in total. The smallest absolute Gasteiger partial charge is 0.128 e. The quantitative estimate of drug-likeness (QED) is 0.135. The first-order valence-corrected chi connectivity index (χ1v) is 23.1. The van der Waals surface area contributed by atoms with Crippen molar-refractivity contribution >= 4 is 89.4 Å². The fourth-order valence-corrected chi connectivity index (χ4v) is 14.8. The highest BCUT2D eigenvalue weighted by Gasteiger charge is 2.47. The number of anilines is 4. The van der Waals surface area contributed by atoms with E-state index in [0.29, 0.717) is 8.58 Å². The third-order valence-electron chi connectivity index (χ3n) is 12.5. The van der Waals surface area contributed by atoms with Crippen molar-refractivity contribution in [3.8, 4) is 0 Å². The maximum absolute atomic E-state index is 2.61. The Bertz CT molecular complexity index is 2670. The number of benzene rings is 6. The molecular formula is C52H47N2P2+. The summed E-state index contributed by atoms with van der Waals surface area (Å²) in [4.78, 5) is 5.18. The Morgan fingerprint density at radius 3 is 1.73 bits per heavy atom. The van der Waals surface area contributed by atoms with Gasteiger partial charge in [0.25, 0.3) is 0 Å². The van der Waals surface area contributed by atoms with E-state index in [1.165, 1.54) is 99.3 Å². The number of aryl methyl sites for hydroxylation is 1. The molecule has 0 radical (unpaired) electrons. The fraction of sp³-hybridized carbons (Fsp3) is 0.154. The Morgan fingerprint density at radius 1 is 0.500 bits per heavy atom. The number of rotatable bonds is 9. The van der Waals surface area contributed by atoms with Gasteiger partial charge in [-0.25, -0.2) is 0 Å². The van der Waals surface area contributed by atoms with Crippen molar-refractivity contribution in [3.63, 3.8) is 0 Å². The van der Waals surface area contributed by atoms with Crippen LogP contribution >= 0.6 is 15.8 Å². The van der Waals surface area contributed by atoms with E-state index in [1.54, 1.807) is 0 Å². The van der Waals surface area contributed by atoms with Crippen molar-refractivity contribution in [2.24, 2.45) is 0 Å². The molecule has 56 heavy (non-hydrogen) atoms. The van der Waals surface area contributed by atoms with Gasteiger partial charge in [0.1, 0.15) is 23.2 Å². The molecule has 6 aromatic rings. The van der Waals surface area contributed by atoms with Gasteiger partial charge in [-0.2, -0.15) is 0 Å². The van der Waals surface area contributed by atoms with Gasteiger partial charge in [-0.15, -0.1) is 0 Å². The number of hydrogen-bond acceptors (Lipinski definition) is 2. The number of hydrogen-bond donors (Lipinski definition) is 0. The summed E-state index contributed by atoms with van der Waals surface area (Å²) in [5, 5.41) is 7.03. The topological polar surface area (TPSA) is 6.48 Å². The predicted octanol–water partition coefficient (Wildman–Crippen LogP) is 10.4. The van der Waals surface area contributed by atoms with Crippen LogP contribution in [0.4, 0.5) is 22.7 Å². The lowest BCUT2D eigenvalue weighted by Crippen LogP contribution is -2.37. The summed E-state index contributed by atoms with van der Waals surface area (Å²) in [6.45, 7) is 4.89. The number of fused-ring (bicyclic) bond motifs is 4. The molecule has 4 aliphatic rings. The zero-order chi connectivity index (χ0) is 38.0. The first kappa shape index (κ1) is 35.2. The molecule has 4 aliphatic carbocycles. The second kappa shape index (κ2) is 14.0. The monoisotopic (exact) mass is 761 g/mol. The molecule has 0 aliphatic heterocycles. The van der Waals surface area contributed by atoms with E-state index >= 15 is 0 Å². The summed E-state index contributed by atoms with van der Waals surface area (Å²) in [5.41, 5.74) is 17.8. The van der Waals surface area contributed by atoms with E-state index in [0.717, 1.165) is 25.7 Å². The van der Waals surface area contributed by atoms with Crippen LogP contribution in [0.1, 0.15) is 50.1 Å². The minimum absolute atomic E-state index is 0.558. The maximum atomic E-state index is 2.61. The molecule has 0 saturated heterocycles. The van der Waals surface area contributed by atoms with Gasteiger partial charge in [0.05, 0.1) is 23.7 Å². The van der Waals surface area contributed by atoms with Crippen LogP contribution in [0, 0.1) is 6.92 Å². The Kier molecular flexibility index (Phi) is 8.82. The van der Waals surface area contributed by atoms with Crippen LogP contribution in [0.5, 0.6) is 0 Å². The van der Waals surface area contributed by atoms with Gasteiger partial charge in [0.15, 0.2) is 0 Å². The highest BCUT2D eigenvalue weighted by atomic mass is 31.2. The van der Waals surface area contributed by atoms with Gasteiger partial charge >= 0.3 is 0 Å². The van der Waals surface area contributed by atoms with E-state index in [9.17, 15) is 0 Å². The SMILES string of the molecule is Cc1ccc2c(c1N(C)c1c([P+](C)(c3ccccc3)c3ccc4c(c3N(C)c3c(Pc5ccccc5)ccc5c3C=CC5)CC=C4)ccc3c1C=CC3)CC=C2. The van der Waals surface area contributed by atoms with Crippen molar-refractivity contribution in [2.75, 3.05) is 30.6 Å². The van der Waals surface area contributed by atoms with E-state index in [4.69, 9.17) is 0 Å². The van der Waals surface area contributed by atoms with Gasteiger partial charge in [-0.05, 0) is 101 Å². The van der Waals surface area contributed by atoms with Gasteiger partial charge in [0.2, 0.25) is 0 Å². The summed E-state index contributed by atoms with van der Waals surface area (Å²) < 4.78 is 0. The highest BCUT2D eigenvalue weighted by Crippen LogP contribution is 2.58. The molecule has 0 aromatic heterocycles. The van der Waals surface area contributed by atoms with Gasteiger partial charge in [-0.3, -0.25) is 0 Å². The van der Waals surface area contributed by atoms with Crippen LogP contribution in [0.25, 0.3) is 24.3 Å². The molecule has 0 amide bonds. The lowest BCUT2D eigenvalue weighted by Gasteiger charge is -2.35. The molecule has 274 valence electrons. The molecule has 0 heterocycles. The third kappa shape index (κ3) is 5.61. The molecule has 4 heteroatoms. The Hall–Kier alpha value is -5.26. The zero-order valence-corrected chi connectivity index (χ0v) is 34.6. The summed E-state index contributed by atoms with van der Waals surface area (Å²) in [6, 6.07) is 41.7. The Morgan fingerprint density at radius 2 is 1.04 bits per heavy atom. The molecule has 6 aromatic carbocycles. The average molecular weight is 762 g/mol. The van der Waals surface area contributed by atoms with Crippen LogP contribution in [-0.2, 0) is 25.7 Å². The molecule has 0 bridgehead atoms. The van der Waals surface area contributed by atoms with Crippen LogP contribution in [0.2, 0.25) is 0 Å². The molecule has 2 atom stereocenters. The summed E-state index contributed by atoms with van der Waals surface area (Å²) in [6.07, 6.45) is 22.6. The summed E-state index contributed by atoms with van der Waals surface area (Å²) in [7, 11) is 2.92. The van der Waals surface area contributed by atoms with E-state index in [1.807, 2.05) is 0 Å². The van der Waals surface area contributed by atoms with E-state index in [2.05, 4.69) is 195 Å². The molecule has 0 saturated carbocycles.